The van der Waals surface area contributed by atoms with Crippen LogP contribution in [0.1, 0.15) is 16.0 Å². The van der Waals surface area contributed by atoms with Gasteiger partial charge >= 0.3 is 0 Å². The topological polar surface area (TPSA) is 23.8 Å². The zero-order valence-corrected chi connectivity index (χ0v) is 7.90. The maximum absolute atomic E-state index is 8.66. The average molecular weight is 169 g/mol. The fraction of sp³-hybridized carbons (Fsp3) is 0.286. The molecule has 0 aliphatic rings. The van der Waals surface area contributed by atoms with Crippen LogP contribution in [0, 0.1) is 25.2 Å². The second-order valence-corrected chi connectivity index (χ2v) is 4.39. The molecule has 0 radical (unpaired) electrons. The Morgan fingerprint density at radius 1 is 1.50 bits per heavy atom. The van der Waals surface area contributed by atoms with Crippen molar-refractivity contribution in [2.45, 2.75) is 13.8 Å². The predicted octanol–water partition coefficient (Wildman–Crippen LogP) is 1.74. The van der Waals surface area contributed by atoms with Crippen LogP contribution in [0.3, 0.4) is 0 Å². The fourth-order valence-corrected chi connectivity index (χ4v) is 2.49. The van der Waals surface area contributed by atoms with Crippen LogP contribution in [0.2, 0.25) is 0 Å². The second kappa shape index (κ2) is 2.70. The average Bonchev–Trinajstić information content (AvgIpc) is 2.09. The Kier molecular flexibility index (Phi) is 2.08. The molecule has 0 saturated carbocycles. The van der Waals surface area contributed by atoms with Crippen LogP contribution in [-0.4, -0.2) is 0 Å². The van der Waals surface area contributed by atoms with Crippen molar-refractivity contribution in [1.29, 1.82) is 5.26 Å². The third-order valence-electron chi connectivity index (χ3n) is 1.52. The van der Waals surface area contributed by atoms with Crippen molar-refractivity contribution in [1.82, 2.24) is 0 Å². The van der Waals surface area contributed by atoms with Crippen LogP contribution in [0.4, 0.5) is 0 Å². The molecule has 1 rings (SSSR count). The number of nitriles is 1. The summed E-state index contributed by atoms with van der Waals surface area (Å²) in [5.74, 6) is 0. The van der Waals surface area contributed by atoms with E-state index < -0.39 is 0 Å². The van der Waals surface area contributed by atoms with Gasteiger partial charge < -0.3 is 0 Å². The van der Waals surface area contributed by atoms with Gasteiger partial charge in [0.05, 0.1) is 5.56 Å². The van der Waals surface area contributed by atoms with Gasteiger partial charge in [0.1, 0.15) is 6.07 Å². The van der Waals surface area contributed by atoms with Gasteiger partial charge in [0.25, 0.3) is 0 Å². The van der Waals surface area contributed by atoms with E-state index in [9.17, 15) is 0 Å². The summed E-state index contributed by atoms with van der Waals surface area (Å²) >= 11 is 1.66. The van der Waals surface area contributed by atoms with Crippen molar-refractivity contribution >= 4 is 25.2 Å². The van der Waals surface area contributed by atoms with E-state index >= 15 is 0 Å². The van der Waals surface area contributed by atoms with Crippen LogP contribution in [-0.2, 0) is 0 Å². The van der Waals surface area contributed by atoms with Gasteiger partial charge in [-0.3, -0.25) is 0 Å². The molecular formula is C7H8NPS. The van der Waals surface area contributed by atoms with E-state index in [1.807, 2.05) is 13.8 Å². The van der Waals surface area contributed by atoms with Crippen LogP contribution in [0.15, 0.2) is 0 Å². The molecule has 0 aliphatic heterocycles. The van der Waals surface area contributed by atoms with Gasteiger partial charge in [-0.2, -0.15) is 5.26 Å². The molecule has 0 aliphatic carbocycles. The van der Waals surface area contributed by atoms with Crippen molar-refractivity contribution in [3.05, 3.63) is 16.0 Å². The monoisotopic (exact) mass is 169 g/mol. The third kappa shape index (κ3) is 1.08. The van der Waals surface area contributed by atoms with E-state index in [4.69, 9.17) is 5.26 Å². The molecule has 0 saturated heterocycles. The van der Waals surface area contributed by atoms with Gasteiger partial charge in [-0.25, -0.2) is 0 Å². The smallest absolute Gasteiger partial charge is 0.101 e. The molecule has 1 aromatic heterocycles. The molecule has 52 valence electrons. The van der Waals surface area contributed by atoms with E-state index in [2.05, 4.69) is 15.3 Å². The molecule has 0 amide bonds. The Hall–Kier alpha value is -0.380. The Morgan fingerprint density at radius 3 is 2.30 bits per heavy atom. The van der Waals surface area contributed by atoms with E-state index in [0.717, 1.165) is 15.7 Å². The van der Waals surface area contributed by atoms with E-state index in [1.165, 1.54) is 4.88 Å². The van der Waals surface area contributed by atoms with Crippen molar-refractivity contribution in [3.63, 3.8) is 0 Å². The van der Waals surface area contributed by atoms with Gasteiger partial charge in [-0.15, -0.1) is 11.3 Å². The number of aryl methyl sites for hydroxylation is 1. The first-order valence-corrected chi connectivity index (χ1v) is 4.31. The minimum absolute atomic E-state index is 0.826. The maximum Gasteiger partial charge on any atom is 0.101 e. The molecule has 0 fully saturated rings. The Labute approximate surface area is 66.9 Å². The lowest BCUT2D eigenvalue weighted by Crippen LogP contribution is -1.87. The number of nitrogens with zero attached hydrogens (tertiary/aromatic N) is 1. The lowest BCUT2D eigenvalue weighted by atomic mass is 10.2. The van der Waals surface area contributed by atoms with E-state index in [0.29, 0.717) is 0 Å². The number of thiophene rings is 1. The summed E-state index contributed by atoms with van der Waals surface area (Å²) in [4.78, 5) is 1.24. The molecule has 0 aromatic carbocycles. The molecule has 3 heteroatoms. The minimum Gasteiger partial charge on any atom is -0.192 e. The zero-order chi connectivity index (χ0) is 7.72. The summed E-state index contributed by atoms with van der Waals surface area (Å²) in [7, 11) is 2.58. The Balaban J connectivity index is 3.37. The highest BCUT2D eigenvalue weighted by atomic mass is 32.1. The molecule has 1 aromatic rings. The Bertz CT molecular complexity index is 295. The number of hydrogen-bond acceptors (Lipinski definition) is 2. The number of rotatable bonds is 0. The van der Waals surface area contributed by atoms with Gasteiger partial charge in [-0.1, -0.05) is 9.24 Å². The largest absolute Gasteiger partial charge is 0.192 e. The van der Waals surface area contributed by atoms with Gasteiger partial charge in [-0.05, 0) is 19.4 Å². The fourth-order valence-electron chi connectivity index (χ4n) is 0.792. The summed E-state index contributed by atoms with van der Waals surface area (Å²) in [6, 6.07) is 2.17. The molecule has 0 spiro atoms. The third-order valence-corrected chi connectivity index (χ3v) is 3.20. The summed E-state index contributed by atoms with van der Waals surface area (Å²) in [5.41, 5.74) is 1.95. The van der Waals surface area contributed by atoms with Crippen LogP contribution < -0.4 is 4.62 Å². The molecule has 0 N–H and O–H groups in total. The first kappa shape index (κ1) is 7.72. The van der Waals surface area contributed by atoms with Crippen LogP contribution >= 0.6 is 20.6 Å². The van der Waals surface area contributed by atoms with Crippen LogP contribution in [0.5, 0.6) is 0 Å². The summed E-state index contributed by atoms with van der Waals surface area (Å²) < 4.78 is 1.05. The molecule has 1 unspecified atom stereocenters. The molecular weight excluding hydrogens is 161 g/mol. The standard InChI is InChI=1S/C7H8NPS/c1-4-5(2)10-7(9)6(4)3-8/h9H2,1-2H3. The maximum atomic E-state index is 8.66. The van der Waals surface area contributed by atoms with Crippen LogP contribution in [0.25, 0.3) is 0 Å². The second-order valence-electron chi connectivity index (χ2n) is 2.13. The van der Waals surface area contributed by atoms with Gasteiger partial charge in [0.15, 0.2) is 0 Å². The highest BCUT2D eigenvalue weighted by molar-refractivity contribution is 7.43. The summed E-state index contributed by atoms with van der Waals surface area (Å²) in [5, 5.41) is 8.66. The zero-order valence-electron chi connectivity index (χ0n) is 5.93. The van der Waals surface area contributed by atoms with Gasteiger partial charge in [0, 0.05) is 9.50 Å². The normalized spacial score (nSPS) is 9.40. The summed E-state index contributed by atoms with van der Waals surface area (Å²) in [6.07, 6.45) is 0. The summed E-state index contributed by atoms with van der Waals surface area (Å²) in [6.45, 7) is 4.02. The Morgan fingerprint density at radius 2 is 2.10 bits per heavy atom. The van der Waals surface area contributed by atoms with E-state index in [1.54, 1.807) is 11.3 Å². The highest BCUT2D eigenvalue weighted by Crippen LogP contribution is 2.19. The molecule has 1 nitrogen and oxygen atoms in total. The first-order chi connectivity index (χ1) is 4.66. The van der Waals surface area contributed by atoms with Crippen molar-refractivity contribution < 1.29 is 0 Å². The van der Waals surface area contributed by atoms with Crippen molar-refractivity contribution in [2.24, 2.45) is 0 Å². The van der Waals surface area contributed by atoms with Gasteiger partial charge in [0.2, 0.25) is 0 Å². The lowest BCUT2D eigenvalue weighted by Gasteiger charge is -1.85. The van der Waals surface area contributed by atoms with E-state index in [-0.39, 0.29) is 0 Å². The molecule has 1 atom stereocenters. The molecule has 10 heavy (non-hydrogen) atoms. The van der Waals surface area contributed by atoms with Crippen molar-refractivity contribution in [2.75, 3.05) is 0 Å². The SMILES string of the molecule is Cc1sc(P)c(C#N)c1C. The minimum atomic E-state index is 0.826. The molecule has 1 heterocycles. The predicted molar refractivity (Wildman–Crippen MR) is 47.9 cm³/mol. The lowest BCUT2D eigenvalue weighted by molar-refractivity contribution is 1.40. The quantitative estimate of drug-likeness (QED) is 0.543. The highest BCUT2D eigenvalue weighted by Gasteiger charge is 2.06. The molecule has 0 bridgehead atoms. The van der Waals surface area contributed by atoms with Crippen molar-refractivity contribution in [3.8, 4) is 6.07 Å². The first-order valence-electron chi connectivity index (χ1n) is 2.92. The number of hydrogen-bond donors (Lipinski definition) is 0.